The zero-order valence-corrected chi connectivity index (χ0v) is 11.3. The summed E-state index contributed by atoms with van der Waals surface area (Å²) in [5.41, 5.74) is 6.17. The van der Waals surface area contributed by atoms with Crippen LogP contribution < -0.4 is 10.5 Å². The fraction of sp³-hybridized carbons (Fsp3) is 0.200. The Hall–Kier alpha value is -0.360. The van der Waals surface area contributed by atoms with Crippen LogP contribution >= 0.6 is 38.6 Å². The number of halogens is 1. The molecule has 2 nitrogen and oxygen atoms in total. The molecule has 0 aliphatic rings. The fourth-order valence-corrected chi connectivity index (χ4v) is 3.72. The minimum absolute atomic E-state index is 0.0868. The highest BCUT2D eigenvalue weighted by molar-refractivity contribution is 9.11. The van der Waals surface area contributed by atoms with Crippen LogP contribution in [0.2, 0.25) is 0 Å². The van der Waals surface area contributed by atoms with Crippen molar-refractivity contribution in [3.05, 3.63) is 37.1 Å². The molecule has 0 saturated heterocycles. The first-order chi connectivity index (χ1) is 7.22. The number of rotatable bonds is 3. The molecule has 0 aliphatic heterocycles. The third-order valence-electron chi connectivity index (χ3n) is 2.06. The van der Waals surface area contributed by atoms with Gasteiger partial charge in [0.2, 0.25) is 0 Å². The second kappa shape index (κ2) is 4.65. The highest BCUT2D eigenvalue weighted by Crippen LogP contribution is 2.36. The summed E-state index contributed by atoms with van der Waals surface area (Å²) >= 11 is 6.72. The Morgan fingerprint density at radius 3 is 2.80 bits per heavy atom. The third kappa shape index (κ3) is 2.25. The largest absolute Gasteiger partial charge is 0.496 e. The van der Waals surface area contributed by atoms with Gasteiger partial charge >= 0.3 is 0 Å². The van der Waals surface area contributed by atoms with Crippen molar-refractivity contribution in [3.8, 4) is 5.75 Å². The molecule has 1 unspecified atom stereocenters. The molecular weight excluding hydrogens is 294 g/mol. The summed E-state index contributed by atoms with van der Waals surface area (Å²) in [5, 5.41) is 2.00. The number of nitrogens with two attached hydrogens (primary N) is 1. The van der Waals surface area contributed by atoms with Crippen molar-refractivity contribution in [2.45, 2.75) is 6.04 Å². The van der Waals surface area contributed by atoms with E-state index in [2.05, 4.69) is 15.9 Å². The minimum atomic E-state index is -0.0868. The van der Waals surface area contributed by atoms with Gasteiger partial charge in [-0.15, -0.1) is 22.7 Å². The fourth-order valence-electron chi connectivity index (χ4n) is 1.33. The van der Waals surface area contributed by atoms with Gasteiger partial charge in [-0.05, 0) is 39.5 Å². The van der Waals surface area contributed by atoms with E-state index in [0.717, 1.165) is 19.3 Å². The van der Waals surface area contributed by atoms with Gasteiger partial charge in [-0.25, -0.2) is 0 Å². The lowest BCUT2D eigenvalue weighted by molar-refractivity contribution is 0.411. The molecule has 80 valence electrons. The SMILES string of the molecule is COc1ccsc1C(N)c1ccc(Br)s1. The molecule has 2 aromatic rings. The summed E-state index contributed by atoms with van der Waals surface area (Å²) in [5.74, 6) is 0.872. The molecule has 2 aromatic heterocycles. The van der Waals surface area contributed by atoms with Crippen molar-refractivity contribution in [2.75, 3.05) is 7.11 Å². The van der Waals surface area contributed by atoms with Gasteiger partial charge < -0.3 is 10.5 Å². The summed E-state index contributed by atoms with van der Waals surface area (Å²) in [4.78, 5) is 2.22. The maximum atomic E-state index is 6.17. The van der Waals surface area contributed by atoms with Crippen LogP contribution in [0.3, 0.4) is 0 Å². The second-order valence-electron chi connectivity index (χ2n) is 2.97. The number of ether oxygens (including phenoxy) is 1. The number of thiophene rings is 2. The molecule has 5 heteroatoms. The number of hydrogen-bond donors (Lipinski definition) is 1. The van der Waals surface area contributed by atoms with Crippen LogP contribution in [-0.4, -0.2) is 7.11 Å². The van der Waals surface area contributed by atoms with Crippen LogP contribution in [0, 0.1) is 0 Å². The lowest BCUT2D eigenvalue weighted by atomic mass is 10.2. The van der Waals surface area contributed by atoms with Crippen molar-refractivity contribution < 1.29 is 4.74 Å². The Balaban J connectivity index is 2.31. The summed E-state index contributed by atoms with van der Waals surface area (Å²) in [6.07, 6.45) is 0. The van der Waals surface area contributed by atoms with E-state index in [1.54, 1.807) is 29.8 Å². The Morgan fingerprint density at radius 1 is 1.40 bits per heavy atom. The lowest BCUT2D eigenvalue weighted by Gasteiger charge is -2.09. The van der Waals surface area contributed by atoms with Gasteiger partial charge in [-0.1, -0.05) is 0 Å². The molecule has 2 N–H and O–H groups in total. The summed E-state index contributed by atoms with van der Waals surface area (Å²) in [7, 11) is 1.67. The van der Waals surface area contributed by atoms with Crippen LogP contribution in [0.5, 0.6) is 5.75 Å². The average Bonchev–Trinajstić information content (AvgIpc) is 2.84. The summed E-state index contributed by atoms with van der Waals surface area (Å²) in [6.45, 7) is 0. The minimum Gasteiger partial charge on any atom is -0.496 e. The lowest BCUT2D eigenvalue weighted by Crippen LogP contribution is -2.09. The van der Waals surface area contributed by atoms with Crippen LogP contribution in [0.1, 0.15) is 15.8 Å². The molecule has 1 atom stereocenters. The molecule has 0 aliphatic carbocycles. The first-order valence-corrected chi connectivity index (χ1v) is 6.83. The molecule has 2 rings (SSSR count). The van der Waals surface area contributed by atoms with Crippen LogP contribution in [0.25, 0.3) is 0 Å². The molecule has 0 bridgehead atoms. The van der Waals surface area contributed by atoms with Crippen LogP contribution in [-0.2, 0) is 0 Å². The van der Waals surface area contributed by atoms with E-state index in [-0.39, 0.29) is 6.04 Å². The summed E-state index contributed by atoms with van der Waals surface area (Å²) in [6, 6.07) is 5.91. The zero-order valence-electron chi connectivity index (χ0n) is 8.07. The molecule has 15 heavy (non-hydrogen) atoms. The van der Waals surface area contributed by atoms with E-state index < -0.39 is 0 Å². The molecule has 0 amide bonds. The van der Waals surface area contributed by atoms with Crippen LogP contribution in [0.15, 0.2) is 27.4 Å². The van der Waals surface area contributed by atoms with Gasteiger partial charge in [0, 0.05) is 4.88 Å². The van der Waals surface area contributed by atoms with E-state index in [9.17, 15) is 0 Å². The van der Waals surface area contributed by atoms with Crippen LogP contribution in [0.4, 0.5) is 0 Å². The topological polar surface area (TPSA) is 35.2 Å². The summed E-state index contributed by atoms with van der Waals surface area (Å²) < 4.78 is 6.36. The molecule has 0 spiro atoms. The quantitative estimate of drug-likeness (QED) is 0.940. The Morgan fingerprint density at radius 2 is 2.20 bits per heavy atom. The maximum Gasteiger partial charge on any atom is 0.134 e. The van der Waals surface area contributed by atoms with E-state index in [1.165, 1.54) is 0 Å². The Labute approximate surface area is 105 Å². The molecule has 2 heterocycles. The smallest absolute Gasteiger partial charge is 0.134 e. The Kier molecular flexibility index (Phi) is 3.45. The molecule has 0 saturated carbocycles. The first-order valence-electron chi connectivity index (χ1n) is 4.34. The third-order valence-corrected chi connectivity index (χ3v) is 4.75. The molecular formula is C10H10BrNOS2. The van der Waals surface area contributed by atoms with Crippen molar-refractivity contribution in [1.82, 2.24) is 0 Å². The van der Waals surface area contributed by atoms with Crippen molar-refractivity contribution >= 4 is 38.6 Å². The van der Waals surface area contributed by atoms with Crippen molar-refractivity contribution in [2.24, 2.45) is 5.73 Å². The molecule has 0 aromatic carbocycles. The van der Waals surface area contributed by atoms with Gasteiger partial charge in [0.25, 0.3) is 0 Å². The second-order valence-corrected chi connectivity index (χ2v) is 6.42. The molecule has 0 radical (unpaired) electrons. The standard InChI is InChI=1S/C10H10BrNOS2/c1-13-6-4-5-14-10(6)9(12)7-2-3-8(11)15-7/h2-5,9H,12H2,1H3. The van der Waals surface area contributed by atoms with Gasteiger partial charge in [0.1, 0.15) is 5.75 Å². The number of methoxy groups -OCH3 is 1. The van der Waals surface area contributed by atoms with Gasteiger partial charge in [0.15, 0.2) is 0 Å². The Bertz CT molecular complexity index is 452. The average molecular weight is 304 g/mol. The highest BCUT2D eigenvalue weighted by Gasteiger charge is 2.16. The van der Waals surface area contributed by atoms with Gasteiger partial charge in [0.05, 0.1) is 21.8 Å². The van der Waals surface area contributed by atoms with E-state index in [0.29, 0.717) is 0 Å². The predicted octanol–water partition coefficient (Wildman–Crippen LogP) is 3.63. The zero-order chi connectivity index (χ0) is 10.8. The normalized spacial score (nSPS) is 12.7. The molecule has 0 fully saturated rings. The van der Waals surface area contributed by atoms with E-state index in [1.807, 2.05) is 23.6 Å². The van der Waals surface area contributed by atoms with Crippen molar-refractivity contribution in [1.29, 1.82) is 0 Å². The van der Waals surface area contributed by atoms with Crippen molar-refractivity contribution in [3.63, 3.8) is 0 Å². The number of hydrogen-bond acceptors (Lipinski definition) is 4. The monoisotopic (exact) mass is 303 g/mol. The van der Waals surface area contributed by atoms with E-state index in [4.69, 9.17) is 10.5 Å². The first kappa shape index (κ1) is 11.1. The highest BCUT2D eigenvalue weighted by atomic mass is 79.9. The maximum absolute atomic E-state index is 6.17. The predicted molar refractivity (Wildman–Crippen MR) is 68.9 cm³/mol. The van der Waals surface area contributed by atoms with E-state index >= 15 is 0 Å². The van der Waals surface area contributed by atoms with Gasteiger partial charge in [-0.2, -0.15) is 0 Å². The van der Waals surface area contributed by atoms with Gasteiger partial charge in [-0.3, -0.25) is 0 Å².